The van der Waals surface area contributed by atoms with E-state index in [0.29, 0.717) is 5.69 Å². The van der Waals surface area contributed by atoms with Crippen molar-refractivity contribution in [2.45, 2.75) is 12.6 Å². The maximum Gasteiger partial charge on any atom is 0.416 e. The van der Waals surface area contributed by atoms with E-state index in [1.54, 1.807) is 0 Å². The van der Waals surface area contributed by atoms with Crippen LogP contribution in [0, 0.1) is 11.6 Å². The fourth-order valence-corrected chi connectivity index (χ4v) is 3.11. The number of hydrogen-bond donors (Lipinski definition) is 3. The third-order valence-corrected chi connectivity index (χ3v) is 4.75. The van der Waals surface area contributed by atoms with Crippen LogP contribution in [0.15, 0.2) is 72.8 Å². The van der Waals surface area contributed by atoms with Gasteiger partial charge in [-0.3, -0.25) is 4.90 Å². The van der Waals surface area contributed by atoms with Crippen molar-refractivity contribution in [2.75, 3.05) is 28.6 Å². The number of hydrogen-bond acceptors (Lipinski definition) is 2. The monoisotopic (exact) mass is 492 g/mol. The van der Waals surface area contributed by atoms with Crippen molar-refractivity contribution in [1.29, 1.82) is 0 Å². The molecule has 0 heterocycles. The first kappa shape index (κ1) is 25.5. The van der Waals surface area contributed by atoms with Crippen molar-refractivity contribution in [1.82, 2.24) is 5.32 Å². The predicted octanol–water partition coefficient (Wildman–Crippen LogP) is 6.23. The molecular formula is C24H21F5N4O2. The minimum Gasteiger partial charge on any atom is -0.338 e. The van der Waals surface area contributed by atoms with Gasteiger partial charge in [0.25, 0.3) is 0 Å². The van der Waals surface area contributed by atoms with E-state index in [1.807, 2.05) is 0 Å². The predicted molar refractivity (Wildman–Crippen MR) is 122 cm³/mol. The van der Waals surface area contributed by atoms with Gasteiger partial charge >= 0.3 is 18.2 Å². The number of benzene rings is 3. The first-order valence-electron chi connectivity index (χ1n) is 10.4. The number of alkyl halides is 3. The lowest BCUT2D eigenvalue weighted by molar-refractivity contribution is -0.137. The average molecular weight is 492 g/mol. The summed E-state index contributed by atoms with van der Waals surface area (Å²) in [6.45, 7) is 0.173. The smallest absolute Gasteiger partial charge is 0.338 e. The largest absolute Gasteiger partial charge is 0.416 e. The number of halogens is 5. The van der Waals surface area contributed by atoms with E-state index < -0.39 is 35.4 Å². The highest BCUT2D eigenvalue weighted by Gasteiger charge is 2.30. The number of amides is 4. The summed E-state index contributed by atoms with van der Waals surface area (Å²) in [5, 5.41) is 7.44. The number of urea groups is 2. The van der Waals surface area contributed by atoms with Crippen molar-refractivity contribution >= 4 is 29.1 Å². The minimum atomic E-state index is -4.57. The zero-order valence-electron chi connectivity index (χ0n) is 18.2. The normalized spacial score (nSPS) is 11.0. The summed E-state index contributed by atoms with van der Waals surface area (Å²) in [7, 11) is 0. The number of nitrogens with one attached hydrogen (secondary N) is 3. The molecule has 0 saturated heterocycles. The van der Waals surface area contributed by atoms with Crippen molar-refractivity contribution < 1.29 is 31.5 Å². The summed E-state index contributed by atoms with van der Waals surface area (Å²) in [5.41, 5.74) is -0.419. The van der Waals surface area contributed by atoms with Crippen LogP contribution in [0.5, 0.6) is 0 Å². The Hall–Kier alpha value is -4.15. The summed E-state index contributed by atoms with van der Waals surface area (Å²) in [5.74, 6) is -1.04. The molecule has 3 rings (SSSR count). The van der Waals surface area contributed by atoms with Crippen molar-refractivity contribution in [3.63, 3.8) is 0 Å². The Labute approximate surface area is 197 Å². The molecular weight excluding hydrogens is 471 g/mol. The van der Waals surface area contributed by atoms with Crippen molar-refractivity contribution in [3.05, 3.63) is 90.0 Å². The van der Waals surface area contributed by atoms with E-state index in [-0.39, 0.29) is 30.9 Å². The summed E-state index contributed by atoms with van der Waals surface area (Å²) in [4.78, 5) is 26.1. The number of anilines is 3. The number of rotatable bonds is 7. The first-order valence-corrected chi connectivity index (χ1v) is 10.4. The average Bonchev–Trinajstić information content (AvgIpc) is 2.79. The summed E-state index contributed by atoms with van der Waals surface area (Å²) in [6.07, 6.45) is -4.32. The molecule has 3 aromatic carbocycles. The van der Waals surface area contributed by atoms with Crippen LogP contribution in [0.3, 0.4) is 0 Å². The fraction of sp³-hybridized carbons (Fsp3) is 0.167. The molecule has 6 nitrogen and oxygen atoms in total. The Balaban J connectivity index is 1.62. The molecule has 3 N–H and O–H groups in total. The van der Waals surface area contributed by atoms with Gasteiger partial charge < -0.3 is 16.0 Å². The van der Waals surface area contributed by atoms with E-state index >= 15 is 0 Å². The molecule has 35 heavy (non-hydrogen) atoms. The van der Waals surface area contributed by atoms with Crippen LogP contribution in [0.25, 0.3) is 0 Å². The van der Waals surface area contributed by atoms with E-state index in [4.69, 9.17) is 0 Å². The molecule has 11 heteroatoms. The summed E-state index contributed by atoms with van der Waals surface area (Å²) < 4.78 is 65.5. The van der Waals surface area contributed by atoms with Crippen LogP contribution >= 0.6 is 0 Å². The Morgan fingerprint density at radius 1 is 0.800 bits per heavy atom. The molecule has 0 fully saturated rings. The highest BCUT2D eigenvalue weighted by Crippen LogP contribution is 2.30. The third-order valence-electron chi connectivity index (χ3n) is 4.75. The van der Waals surface area contributed by atoms with E-state index in [2.05, 4.69) is 16.0 Å². The lowest BCUT2D eigenvalue weighted by Crippen LogP contribution is -2.38. The molecule has 0 aromatic heterocycles. The Kier molecular flexibility index (Phi) is 8.24. The second-order valence-corrected chi connectivity index (χ2v) is 7.38. The molecule has 0 bridgehead atoms. The van der Waals surface area contributed by atoms with Gasteiger partial charge in [-0.05, 0) is 67.1 Å². The quantitative estimate of drug-likeness (QED) is 0.270. The van der Waals surface area contributed by atoms with Crippen LogP contribution in [-0.2, 0) is 6.18 Å². The number of carbonyl (C=O) groups is 2. The topological polar surface area (TPSA) is 73.5 Å². The zero-order valence-corrected chi connectivity index (χ0v) is 18.2. The van der Waals surface area contributed by atoms with Crippen molar-refractivity contribution in [3.8, 4) is 0 Å². The maximum atomic E-state index is 13.4. The lowest BCUT2D eigenvalue weighted by Gasteiger charge is -2.23. The van der Waals surface area contributed by atoms with Gasteiger partial charge in [-0.2, -0.15) is 13.2 Å². The molecule has 184 valence electrons. The van der Waals surface area contributed by atoms with Gasteiger partial charge in [-0.15, -0.1) is 0 Å². The molecule has 0 unspecified atom stereocenters. The summed E-state index contributed by atoms with van der Waals surface area (Å²) >= 11 is 0. The van der Waals surface area contributed by atoms with Crippen LogP contribution in [0.2, 0.25) is 0 Å². The van der Waals surface area contributed by atoms with Gasteiger partial charge in [0.1, 0.15) is 11.6 Å². The van der Waals surface area contributed by atoms with E-state index in [9.17, 15) is 31.5 Å². The van der Waals surface area contributed by atoms with E-state index in [0.717, 1.165) is 30.3 Å². The fourth-order valence-electron chi connectivity index (χ4n) is 3.11. The van der Waals surface area contributed by atoms with Gasteiger partial charge in [-0.25, -0.2) is 18.4 Å². The van der Waals surface area contributed by atoms with Crippen LogP contribution in [0.4, 0.5) is 48.6 Å². The van der Waals surface area contributed by atoms with Gasteiger partial charge in [0.05, 0.1) is 5.56 Å². The molecule has 0 spiro atoms. The molecule has 0 radical (unpaired) electrons. The Morgan fingerprint density at radius 2 is 1.46 bits per heavy atom. The third kappa shape index (κ3) is 7.70. The lowest BCUT2D eigenvalue weighted by atomic mass is 10.2. The zero-order chi connectivity index (χ0) is 25.4. The van der Waals surface area contributed by atoms with Gasteiger partial charge in [0, 0.05) is 30.2 Å². The summed E-state index contributed by atoms with van der Waals surface area (Å²) in [6, 6.07) is 13.2. The van der Waals surface area contributed by atoms with Crippen molar-refractivity contribution in [2.24, 2.45) is 0 Å². The van der Waals surface area contributed by atoms with Crippen LogP contribution < -0.4 is 20.9 Å². The molecule has 3 aromatic rings. The van der Waals surface area contributed by atoms with E-state index in [1.165, 1.54) is 47.4 Å². The number of carbonyl (C=O) groups excluding carboxylic acids is 2. The Bertz CT molecular complexity index is 1170. The molecule has 0 atom stereocenters. The molecule has 0 aliphatic heterocycles. The second-order valence-electron chi connectivity index (χ2n) is 7.38. The number of nitrogens with zero attached hydrogens (tertiary/aromatic N) is 1. The first-order chi connectivity index (χ1) is 16.6. The maximum absolute atomic E-state index is 13.4. The van der Waals surface area contributed by atoms with Crippen LogP contribution in [-0.4, -0.2) is 25.2 Å². The van der Waals surface area contributed by atoms with Gasteiger partial charge in [0.2, 0.25) is 0 Å². The molecule has 0 saturated carbocycles. The SMILES string of the molecule is O=C(NCCCN(C(=O)Nc1cccc(C(F)(F)F)c1)c1ccc(F)cc1)Nc1cccc(F)c1. The van der Waals surface area contributed by atoms with Gasteiger partial charge in [0.15, 0.2) is 0 Å². The van der Waals surface area contributed by atoms with Gasteiger partial charge in [-0.1, -0.05) is 12.1 Å². The highest BCUT2D eigenvalue weighted by atomic mass is 19.4. The molecule has 4 amide bonds. The Morgan fingerprint density at radius 3 is 2.11 bits per heavy atom. The van der Waals surface area contributed by atoms with Crippen LogP contribution in [0.1, 0.15) is 12.0 Å². The second kappa shape index (κ2) is 11.3. The minimum absolute atomic E-state index is 0.0523. The standard InChI is InChI=1S/C24H21F5N4O2/c25-17-8-10-21(11-9-17)33(23(35)32-19-6-1-4-16(14-19)24(27,28)29)13-3-12-30-22(34)31-20-7-2-5-18(26)15-20/h1-2,4-11,14-15H,3,12-13H2,(H,32,35)(H2,30,31,34). The molecule has 0 aliphatic rings. The highest BCUT2D eigenvalue weighted by molar-refractivity contribution is 6.01. The molecule has 0 aliphatic carbocycles.